The van der Waals surface area contributed by atoms with Gasteiger partial charge in [0.05, 0.1) is 17.4 Å². The van der Waals surface area contributed by atoms with Gasteiger partial charge in [-0.15, -0.1) is 4.37 Å². The molecule has 1 aromatic carbocycles. The van der Waals surface area contributed by atoms with E-state index in [1.165, 1.54) is 12.3 Å². The molecule has 0 radical (unpaired) electrons. The molecule has 1 atom stereocenters. The lowest BCUT2D eigenvalue weighted by atomic mass is 10.2. The molecule has 2 rings (SSSR count). The van der Waals surface area contributed by atoms with Gasteiger partial charge in [0, 0.05) is 6.54 Å². The maximum Gasteiger partial charge on any atom is 0.245 e. The number of ether oxygens (including phenoxy) is 1. The SMILES string of the molecule is Cc1cccc(F)c1NCC(O)COc1cnsn1. The first-order valence-electron chi connectivity index (χ1n) is 5.74. The van der Waals surface area contributed by atoms with E-state index in [-0.39, 0.29) is 19.0 Å². The Balaban J connectivity index is 1.81. The molecular formula is C12H14FN3O2S. The molecule has 2 aromatic rings. The largest absolute Gasteiger partial charge is 0.473 e. The topological polar surface area (TPSA) is 67.3 Å². The van der Waals surface area contributed by atoms with Crippen LogP contribution in [0, 0.1) is 12.7 Å². The number of hydrogen-bond acceptors (Lipinski definition) is 6. The van der Waals surface area contributed by atoms with Crippen LogP contribution in [0.5, 0.6) is 5.88 Å². The lowest BCUT2D eigenvalue weighted by molar-refractivity contribution is 0.115. The van der Waals surface area contributed by atoms with Gasteiger partial charge in [0.1, 0.15) is 24.7 Å². The van der Waals surface area contributed by atoms with Gasteiger partial charge in [-0.2, -0.15) is 4.37 Å². The summed E-state index contributed by atoms with van der Waals surface area (Å²) >= 11 is 1.03. The minimum Gasteiger partial charge on any atom is -0.473 e. The number of hydrogen-bond donors (Lipinski definition) is 2. The summed E-state index contributed by atoms with van der Waals surface area (Å²) in [5, 5.41) is 12.6. The number of halogens is 1. The smallest absolute Gasteiger partial charge is 0.245 e. The van der Waals surface area contributed by atoms with E-state index in [0.717, 1.165) is 17.3 Å². The van der Waals surface area contributed by atoms with E-state index in [1.807, 2.05) is 0 Å². The predicted molar refractivity (Wildman–Crippen MR) is 71.0 cm³/mol. The van der Waals surface area contributed by atoms with E-state index in [1.54, 1.807) is 19.1 Å². The van der Waals surface area contributed by atoms with Crippen LogP contribution in [0.15, 0.2) is 24.4 Å². The molecule has 7 heteroatoms. The molecule has 19 heavy (non-hydrogen) atoms. The molecule has 0 aliphatic heterocycles. The average molecular weight is 283 g/mol. The van der Waals surface area contributed by atoms with Crippen molar-refractivity contribution < 1.29 is 14.2 Å². The maximum absolute atomic E-state index is 13.5. The van der Waals surface area contributed by atoms with Gasteiger partial charge in [0.2, 0.25) is 5.88 Å². The number of aromatic nitrogens is 2. The third-order valence-electron chi connectivity index (χ3n) is 2.50. The standard InChI is InChI=1S/C12H14FN3O2S/c1-8-3-2-4-10(13)12(8)14-5-9(17)7-18-11-6-15-19-16-11/h2-4,6,9,14,17H,5,7H2,1H3. The summed E-state index contributed by atoms with van der Waals surface area (Å²) in [6.07, 6.45) is 0.715. The molecule has 2 N–H and O–H groups in total. The van der Waals surface area contributed by atoms with Crippen LogP contribution in [-0.4, -0.2) is 33.1 Å². The third kappa shape index (κ3) is 3.87. The number of rotatable bonds is 6. The predicted octanol–water partition coefficient (Wildman–Crippen LogP) is 1.84. The Bertz CT molecular complexity index is 501. The number of para-hydroxylation sites is 1. The Morgan fingerprint density at radius 2 is 2.37 bits per heavy atom. The zero-order valence-electron chi connectivity index (χ0n) is 10.3. The highest BCUT2D eigenvalue weighted by molar-refractivity contribution is 6.99. The number of nitrogens with zero attached hydrogens (tertiary/aromatic N) is 2. The lowest BCUT2D eigenvalue weighted by Crippen LogP contribution is -2.26. The second-order valence-corrected chi connectivity index (χ2v) is 4.58. The van der Waals surface area contributed by atoms with Gasteiger partial charge in [0.15, 0.2) is 0 Å². The fourth-order valence-electron chi connectivity index (χ4n) is 1.54. The summed E-state index contributed by atoms with van der Waals surface area (Å²) < 4.78 is 26.4. The average Bonchev–Trinajstić information content (AvgIpc) is 2.89. The first-order valence-corrected chi connectivity index (χ1v) is 6.47. The first-order chi connectivity index (χ1) is 9.16. The maximum atomic E-state index is 13.5. The Labute approximate surface area is 114 Å². The number of aliphatic hydroxyl groups excluding tert-OH is 1. The summed E-state index contributed by atoms with van der Waals surface area (Å²) in [5.74, 6) is 0.0444. The first kappa shape index (κ1) is 13.7. The minimum absolute atomic E-state index is 0.0753. The number of nitrogens with one attached hydrogen (secondary N) is 1. The van der Waals surface area contributed by atoms with Gasteiger partial charge in [-0.25, -0.2) is 4.39 Å². The third-order valence-corrected chi connectivity index (χ3v) is 2.96. The molecule has 0 amide bonds. The molecule has 0 aliphatic carbocycles. The number of aliphatic hydroxyl groups is 1. The highest BCUT2D eigenvalue weighted by atomic mass is 32.1. The van der Waals surface area contributed by atoms with Crippen LogP contribution < -0.4 is 10.1 Å². The van der Waals surface area contributed by atoms with Gasteiger partial charge in [-0.3, -0.25) is 0 Å². The lowest BCUT2D eigenvalue weighted by Gasteiger charge is -2.14. The van der Waals surface area contributed by atoms with Gasteiger partial charge < -0.3 is 15.2 Å². The van der Waals surface area contributed by atoms with Crippen LogP contribution >= 0.6 is 11.7 Å². The second-order valence-electron chi connectivity index (χ2n) is 4.02. The monoisotopic (exact) mass is 283 g/mol. The van der Waals surface area contributed by atoms with Crippen molar-refractivity contribution in [2.24, 2.45) is 0 Å². The van der Waals surface area contributed by atoms with Gasteiger partial charge in [0.25, 0.3) is 0 Å². The van der Waals surface area contributed by atoms with Crippen LogP contribution in [-0.2, 0) is 0 Å². The molecule has 0 spiro atoms. The van der Waals surface area contributed by atoms with Crippen molar-refractivity contribution >= 4 is 17.4 Å². The molecule has 0 aliphatic rings. The zero-order valence-corrected chi connectivity index (χ0v) is 11.2. The highest BCUT2D eigenvalue weighted by Crippen LogP contribution is 2.18. The summed E-state index contributed by atoms with van der Waals surface area (Å²) in [4.78, 5) is 0. The number of benzene rings is 1. The van der Waals surface area contributed by atoms with Crippen molar-refractivity contribution in [1.29, 1.82) is 0 Å². The van der Waals surface area contributed by atoms with Crippen molar-refractivity contribution in [3.05, 3.63) is 35.8 Å². The van der Waals surface area contributed by atoms with Gasteiger partial charge in [-0.1, -0.05) is 12.1 Å². The van der Waals surface area contributed by atoms with E-state index in [4.69, 9.17) is 4.74 Å². The molecule has 5 nitrogen and oxygen atoms in total. The molecular weight excluding hydrogens is 269 g/mol. The molecule has 102 valence electrons. The number of aryl methyl sites for hydroxylation is 1. The Hall–Kier alpha value is -1.73. The van der Waals surface area contributed by atoms with Crippen LogP contribution in [0.4, 0.5) is 10.1 Å². The van der Waals surface area contributed by atoms with Crippen molar-refractivity contribution in [2.75, 3.05) is 18.5 Å². The highest BCUT2D eigenvalue weighted by Gasteiger charge is 2.09. The van der Waals surface area contributed by atoms with Crippen LogP contribution in [0.1, 0.15) is 5.56 Å². The summed E-state index contributed by atoms with van der Waals surface area (Å²) in [5.41, 5.74) is 1.19. The Morgan fingerprint density at radius 3 is 3.05 bits per heavy atom. The van der Waals surface area contributed by atoms with E-state index in [9.17, 15) is 9.50 Å². The molecule has 0 fully saturated rings. The normalized spacial score (nSPS) is 12.2. The van der Waals surface area contributed by atoms with Gasteiger partial charge >= 0.3 is 0 Å². The fraction of sp³-hybridized carbons (Fsp3) is 0.333. The zero-order chi connectivity index (χ0) is 13.7. The van der Waals surface area contributed by atoms with Crippen molar-refractivity contribution in [2.45, 2.75) is 13.0 Å². The molecule has 1 aromatic heterocycles. The summed E-state index contributed by atoms with van der Waals surface area (Å²) in [6, 6.07) is 4.82. The van der Waals surface area contributed by atoms with Gasteiger partial charge in [-0.05, 0) is 18.6 Å². The van der Waals surface area contributed by atoms with E-state index in [2.05, 4.69) is 14.1 Å². The van der Waals surface area contributed by atoms with Crippen molar-refractivity contribution in [1.82, 2.24) is 8.75 Å². The Kier molecular flexibility index (Phi) is 4.64. The fourth-order valence-corrected chi connectivity index (χ4v) is 1.90. The molecule has 1 unspecified atom stereocenters. The molecule has 0 bridgehead atoms. The quantitative estimate of drug-likeness (QED) is 0.846. The summed E-state index contributed by atoms with van der Waals surface area (Å²) in [6.45, 7) is 2.07. The second kappa shape index (κ2) is 6.44. The van der Waals surface area contributed by atoms with Crippen LogP contribution in [0.25, 0.3) is 0 Å². The molecule has 0 saturated heterocycles. The van der Waals surface area contributed by atoms with E-state index < -0.39 is 6.10 Å². The van der Waals surface area contributed by atoms with E-state index in [0.29, 0.717) is 11.6 Å². The van der Waals surface area contributed by atoms with Crippen LogP contribution in [0.3, 0.4) is 0 Å². The number of anilines is 1. The molecule has 1 heterocycles. The van der Waals surface area contributed by atoms with Crippen molar-refractivity contribution in [3.8, 4) is 5.88 Å². The van der Waals surface area contributed by atoms with Crippen molar-refractivity contribution in [3.63, 3.8) is 0 Å². The van der Waals surface area contributed by atoms with Crippen LogP contribution in [0.2, 0.25) is 0 Å². The Morgan fingerprint density at radius 1 is 1.53 bits per heavy atom. The van der Waals surface area contributed by atoms with E-state index >= 15 is 0 Å². The summed E-state index contributed by atoms with van der Waals surface area (Å²) in [7, 11) is 0. The minimum atomic E-state index is -0.763. The molecule has 0 saturated carbocycles.